The fraction of sp³-hybridized carbons (Fsp3) is 0.385. The van der Waals surface area contributed by atoms with Gasteiger partial charge >= 0.3 is 35.0 Å². The van der Waals surface area contributed by atoms with Crippen LogP contribution in [0.25, 0.3) is 0 Å². The van der Waals surface area contributed by atoms with Crippen molar-refractivity contribution in [3.63, 3.8) is 0 Å². The minimum Gasteiger partial charge on any atom is -0.214 e. The van der Waals surface area contributed by atoms with Crippen LogP contribution >= 0.6 is 0 Å². The summed E-state index contributed by atoms with van der Waals surface area (Å²) in [5.41, 5.74) is -3.99. The number of rotatable bonds is 0. The Morgan fingerprint density at radius 2 is 1.30 bits per heavy atom. The van der Waals surface area contributed by atoms with E-state index < -0.39 is 31.0 Å². The zero-order valence-corrected chi connectivity index (χ0v) is 12.3. The first-order valence-corrected chi connectivity index (χ1v) is 5.37. The van der Waals surface area contributed by atoms with Gasteiger partial charge in [-0.15, -0.1) is 6.42 Å². The zero-order valence-electron chi connectivity index (χ0n) is 11.2. The molecule has 2 rings (SSSR count). The van der Waals surface area contributed by atoms with E-state index >= 15 is 0 Å². The summed E-state index contributed by atoms with van der Waals surface area (Å²) in [5, 5.41) is 0. The molecule has 0 amide bonds. The van der Waals surface area contributed by atoms with E-state index in [-0.39, 0.29) is 17.1 Å². The predicted molar refractivity (Wildman–Crippen MR) is 59.6 cm³/mol. The second kappa shape index (κ2) is 12.3. The van der Waals surface area contributed by atoms with Crippen LogP contribution < -0.4 is 0 Å². The van der Waals surface area contributed by atoms with Gasteiger partial charge in [0.2, 0.25) is 5.60 Å². The fourth-order valence-electron chi connectivity index (χ4n) is 1.40. The summed E-state index contributed by atoms with van der Waals surface area (Å²) >= 11 is 0. The van der Waals surface area contributed by atoms with Gasteiger partial charge in [0.15, 0.2) is 0 Å². The summed E-state index contributed by atoms with van der Waals surface area (Å²) in [6, 6.07) is 10.0. The Morgan fingerprint density at radius 1 is 0.913 bits per heavy atom. The van der Waals surface area contributed by atoms with Crippen LogP contribution in [0.5, 0.6) is 0 Å². The molecule has 1 fully saturated rings. The van der Waals surface area contributed by atoms with Gasteiger partial charge in [-0.05, 0) is 0 Å². The van der Waals surface area contributed by atoms with Crippen LogP contribution in [0, 0.1) is 19.7 Å². The third-order valence-corrected chi connectivity index (χ3v) is 2.35. The van der Waals surface area contributed by atoms with Crippen LogP contribution in [-0.4, -0.2) is 24.6 Å². The number of halogens is 6. The van der Waals surface area contributed by atoms with Crippen LogP contribution in [-0.2, 0) is 31.1 Å². The second-order valence-electron chi connectivity index (χ2n) is 3.59. The molecule has 23 heavy (non-hydrogen) atoms. The second-order valence-corrected chi connectivity index (χ2v) is 3.59. The summed E-state index contributed by atoms with van der Waals surface area (Å²) in [5.74, 6) is 0. The molecule has 0 spiro atoms. The molecule has 1 aromatic carbocycles. The molecule has 132 valence electrons. The van der Waals surface area contributed by atoms with Crippen LogP contribution in [0.2, 0.25) is 0 Å². The minimum absolute atomic E-state index is 0. The van der Waals surface area contributed by atoms with Gasteiger partial charge in [0, 0.05) is 17.1 Å². The van der Waals surface area contributed by atoms with Crippen molar-refractivity contribution in [2.75, 3.05) is 6.61 Å². The standard InChI is InChI=1S/C6H5F6O.C5H5.2CO.Fe/c7-5(8,9)4(6(10,11)12)2-1-3-13-4;1-2-4-5-3-1;2*1-2;/h1H,2-3H2;1-5H;;;/q2*-1;;;. The van der Waals surface area contributed by atoms with Crippen LogP contribution in [0.3, 0.4) is 0 Å². The number of hydrogen-bond donors (Lipinski definition) is 0. The van der Waals surface area contributed by atoms with E-state index in [0.29, 0.717) is 0 Å². The van der Waals surface area contributed by atoms with E-state index in [1.54, 1.807) is 0 Å². The Hall–Kier alpha value is -1.11. The number of alkyl halides is 6. The Morgan fingerprint density at radius 3 is 1.43 bits per heavy atom. The third kappa shape index (κ3) is 7.81. The predicted octanol–water partition coefficient (Wildman–Crippen LogP) is 3.80. The molecular formula is C13H10F6FeO3-2. The molecule has 0 N–H and O–H groups in total. The van der Waals surface area contributed by atoms with Crippen molar-refractivity contribution in [3.05, 3.63) is 50.1 Å². The largest absolute Gasteiger partial charge is 0.214 e. The monoisotopic (exact) mass is 384 g/mol. The van der Waals surface area contributed by atoms with Crippen LogP contribution in [0.1, 0.15) is 6.42 Å². The average Bonchev–Trinajstić information content (AvgIpc) is 3.16. The molecule has 1 heterocycles. The molecular weight excluding hydrogens is 374 g/mol. The maximum Gasteiger partial charge on any atom is 0 e. The molecule has 1 aliphatic heterocycles. The van der Waals surface area contributed by atoms with Crippen molar-refractivity contribution in [2.45, 2.75) is 24.4 Å². The quantitative estimate of drug-likeness (QED) is 0.291. The maximum atomic E-state index is 12.0. The van der Waals surface area contributed by atoms with Gasteiger partial charge in [0.1, 0.15) is 0 Å². The molecule has 0 aromatic heterocycles. The summed E-state index contributed by atoms with van der Waals surface area (Å²) in [6.45, 7) is 8.37. The van der Waals surface area contributed by atoms with E-state index in [1.807, 2.05) is 30.3 Å². The molecule has 1 saturated heterocycles. The van der Waals surface area contributed by atoms with Crippen LogP contribution in [0.4, 0.5) is 26.3 Å². The van der Waals surface area contributed by atoms with Crippen molar-refractivity contribution in [3.8, 4) is 0 Å². The third-order valence-electron chi connectivity index (χ3n) is 2.35. The van der Waals surface area contributed by atoms with Gasteiger partial charge in [-0.2, -0.15) is 44.5 Å². The van der Waals surface area contributed by atoms with Crippen molar-refractivity contribution < 1.29 is 57.5 Å². The van der Waals surface area contributed by atoms with E-state index in [0.717, 1.165) is 6.42 Å². The summed E-state index contributed by atoms with van der Waals surface area (Å²) < 4.78 is 91.0. The van der Waals surface area contributed by atoms with Crippen molar-refractivity contribution >= 4 is 0 Å². The number of ether oxygens (including phenoxy) is 1. The van der Waals surface area contributed by atoms with Crippen molar-refractivity contribution in [1.29, 1.82) is 0 Å². The summed E-state index contributed by atoms with van der Waals surface area (Å²) in [4.78, 5) is 0. The molecule has 0 atom stereocenters. The fourth-order valence-corrected chi connectivity index (χ4v) is 1.40. The topological polar surface area (TPSA) is 49.0 Å². The minimum atomic E-state index is -5.42. The molecule has 3 nitrogen and oxygen atoms in total. The zero-order chi connectivity index (χ0) is 17.9. The average molecular weight is 384 g/mol. The van der Waals surface area contributed by atoms with Gasteiger partial charge in [-0.3, -0.25) is 6.42 Å². The first kappa shape index (κ1) is 26.8. The first-order valence-electron chi connectivity index (χ1n) is 5.37. The molecule has 1 aromatic rings. The molecule has 0 radical (unpaired) electrons. The van der Waals surface area contributed by atoms with Gasteiger partial charge in [-0.25, -0.2) is 12.1 Å². The molecule has 10 heteroatoms. The summed E-state index contributed by atoms with van der Waals surface area (Å²) in [6.07, 6.45) is -11.2. The molecule has 1 aliphatic rings. The Bertz CT molecular complexity index is 377. The van der Waals surface area contributed by atoms with E-state index in [9.17, 15) is 26.3 Å². The van der Waals surface area contributed by atoms with Crippen molar-refractivity contribution in [1.82, 2.24) is 0 Å². The van der Waals surface area contributed by atoms with Gasteiger partial charge in [-0.1, -0.05) is 6.61 Å². The normalized spacial score (nSPS) is 15.2. The first-order chi connectivity index (χ1) is 10.2. The van der Waals surface area contributed by atoms with Crippen LogP contribution in [0.15, 0.2) is 30.3 Å². The molecule has 0 aliphatic carbocycles. The van der Waals surface area contributed by atoms with Gasteiger partial charge in [0.25, 0.3) is 0 Å². The van der Waals surface area contributed by atoms with E-state index in [4.69, 9.17) is 9.30 Å². The van der Waals surface area contributed by atoms with E-state index in [1.165, 1.54) is 0 Å². The molecule has 0 saturated carbocycles. The molecule has 0 bridgehead atoms. The molecule has 0 unspecified atom stereocenters. The Labute approximate surface area is 139 Å². The van der Waals surface area contributed by atoms with Gasteiger partial charge in [0.05, 0.1) is 0 Å². The SMILES string of the molecule is FC(F)(F)C1(C(F)(F)F)C[CH-]CO1.[C-]#[O+].[C-]#[O+].[Fe].c1cc[cH-]c1. The maximum absolute atomic E-state index is 12.0. The van der Waals surface area contributed by atoms with Crippen molar-refractivity contribution in [2.24, 2.45) is 0 Å². The Kier molecular flexibility index (Phi) is 14.3. The Balaban J connectivity index is -0.000000335. The van der Waals surface area contributed by atoms with E-state index in [2.05, 4.69) is 18.0 Å². The number of hydrogen-bond acceptors (Lipinski definition) is 1. The summed E-state index contributed by atoms with van der Waals surface area (Å²) in [7, 11) is 0. The van der Waals surface area contributed by atoms with Gasteiger partial charge < -0.3 is 4.74 Å². The smallest absolute Gasteiger partial charge is 0 e.